The molecule has 1 aliphatic rings. The van der Waals surface area contributed by atoms with Crippen molar-refractivity contribution >= 4 is 11.8 Å². The van der Waals surface area contributed by atoms with Gasteiger partial charge < -0.3 is 14.7 Å². The number of anilines is 2. The summed E-state index contributed by atoms with van der Waals surface area (Å²) in [4.78, 5) is 16.7. The van der Waals surface area contributed by atoms with E-state index in [1.165, 1.54) is 5.56 Å². The van der Waals surface area contributed by atoms with Gasteiger partial charge in [-0.05, 0) is 26.0 Å². The molecule has 3 rings (SSSR count). The number of hydrogen-bond acceptors (Lipinski definition) is 5. The molecule has 2 aromatic rings. The summed E-state index contributed by atoms with van der Waals surface area (Å²) >= 11 is 0. The summed E-state index contributed by atoms with van der Waals surface area (Å²) in [7, 11) is 0. The van der Waals surface area contributed by atoms with E-state index in [0.717, 1.165) is 63.3 Å². The molecule has 0 unspecified atom stereocenters. The fourth-order valence-electron chi connectivity index (χ4n) is 3.26. The molecule has 1 aromatic heterocycles. The van der Waals surface area contributed by atoms with Gasteiger partial charge in [0.15, 0.2) is 0 Å². The Morgan fingerprint density at radius 1 is 1.00 bits per heavy atom. The zero-order valence-corrected chi connectivity index (χ0v) is 15.6. The Bertz CT molecular complexity index is 665. The summed E-state index contributed by atoms with van der Waals surface area (Å²) in [5, 5.41) is 0. The van der Waals surface area contributed by atoms with Crippen LogP contribution in [-0.2, 0) is 6.54 Å². The Morgan fingerprint density at radius 3 is 2.36 bits per heavy atom. The van der Waals surface area contributed by atoms with Crippen molar-refractivity contribution < 1.29 is 0 Å². The summed E-state index contributed by atoms with van der Waals surface area (Å²) in [6.45, 7) is 13.6. The van der Waals surface area contributed by atoms with Crippen LogP contribution < -0.4 is 9.80 Å². The van der Waals surface area contributed by atoms with E-state index in [0.29, 0.717) is 0 Å². The van der Waals surface area contributed by atoms with Crippen LogP contribution in [0.25, 0.3) is 0 Å². The molecule has 2 heterocycles. The maximum atomic E-state index is 4.90. The fourth-order valence-corrected chi connectivity index (χ4v) is 3.26. The Morgan fingerprint density at radius 2 is 1.72 bits per heavy atom. The van der Waals surface area contributed by atoms with Crippen molar-refractivity contribution in [2.45, 2.75) is 27.3 Å². The van der Waals surface area contributed by atoms with Crippen molar-refractivity contribution in [3.63, 3.8) is 0 Å². The molecule has 1 aromatic carbocycles. The summed E-state index contributed by atoms with van der Waals surface area (Å²) in [5.74, 6) is 1.89. The Kier molecular flexibility index (Phi) is 5.87. The second-order valence-corrected chi connectivity index (χ2v) is 6.59. The summed E-state index contributed by atoms with van der Waals surface area (Å²) in [6, 6.07) is 12.7. The minimum atomic E-state index is 0.872. The van der Waals surface area contributed by atoms with Gasteiger partial charge in [0.05, 0.1) is 0 Å². The van der Waals surface area contributed by atoms with Gasteiger partial charge in [-0.1, -0.05) is 37.3 Å². The van der Waals surface area contributed by atoms with Crippen LogP contribution in [0.1, 0.15) is 25.1 Å². The molecule has 5 nitrogen and oxygen atoms in total. The molecule has 0 atom stereocenters. The highest BCUT2D eigenvalue weighted by molar-refractivity contribution is 5.46. The smallest absolute Gasteiger partial charge is 0.227 e. The molecule has 0 aliphatic carbocycles. The predicted molar refractivity (Wildman–Crippen MR) is 104 cm³/mol. The van der Waals surface area contributed by atoms with Crippen molar-refractivity contribution in [1.82, 2.24) is 14.9 Å². The van der Waals surface area contributed by atoms with Crippen LogP contribution in [0.5, 0.6) is 0 Å². The highest BCUT2D eigenvalue weighted by Crippen LogP contribution is 2.20. The fraction of sp³-hybridized carbons (Fsp3) is 0.500. The maximum Gasteiger partial charge on any atom is 0.227 e. The molecule has 0 amide bonds. The molecular formula is C20H29N5. The van der Waals surface area contributed by atoms with Crippen LogP contribution in [0, 0.1) is 6.92 Å². The first-order valence-electron chi connectivity index (χ1n) is 9.31. The average molecular weight is 339 g/mol. The second-order valence-electron chi connectivity index (χ2n) is 6.59. The number of benzene rings is 1. The van der Waals surface area contributed by atoms with Crippen LogP contribution in [0.15, 0.2) is 36.4 Å². The van der Waals surface area contributed by atoms with Crippen molar-refractivity contribution in [3.8, 4) is 0 Å². The van der Waals surface area contributed by atoms with Crippen LogP contribution in [0.2, 0.25) is 0 Å². The molecule has 0 spiro atoms. The third-order valence-electron chi connectivity index (χ3n) is 4.85. The van der Waals surface area contributed by atoms with Gasteiger partial charge in [-0.15, -0.1) is 0 Å². The normalized spacial score (nSPS) is 15.4. The van der Waals surface area contributed by atoms with Gasteiger partial charge in [-0.3, -0.25) is 0 Å². The Hall–Kier alpha value is -2.14. The van der Waals surface area contributed by atoms with E-state index in [1.54, 1.807) is 0 Å². The molecule has 1 saturated heterocycles. The molecule has 1 fully saturated rings. The Labute approximate surface area is 151 Å². The third-order valence-corrected chi connectivity index (χ3v) is 4.85. The first kappa shape index (κ1) is 17.7. The van der Waals surface area contributed by atoms with Crippen molar-refractivity contribution in [2.75, 3.05) is 49.1 Å². The highest BCUT2D eigenvalue weighted by Gasteiger charge is 2.19. The first-order chi connectivity index (χ1) is 12.2. The van der Waals surface area contributed by atoms with E-state index in [2.05, 4.69) is 71.9 Å². The Balaban J connectivity index is 1.78. The zero-order chi connectivity index (χ0) is 17.6. The molecule has 25 heavy (non-hydrogen) atoms. The molecule has 0 N–H and O–H groups in total. The summed E-state index contributed by atoms with van der Waals surface area (Å²) in [6.07, 6.45) is 0. The molecular weight excluding hydrogens is 310 g/mol. The number of nitrogens with zero attached hydrogens (tertiary/aromatic N) is 5. The van der Waals surface area contributed by atoms with Crippen LogP contribution >= 0.6 is 0 Å². The monoisotopic (exact) mass is 339 g/mol. The van der Waals surface area contributed by atoms with E-state index in [9.17, 15) is 0 Å². The van der Waals surface area contributed by atoms with Crippen LogP contribution in [-0.4, -0.2) is 54.1 Å². The van der Waals surface area contributed by atoms with E-state index in [4.69, 9.17) is 9.97 Å². The summed E-state index contributed by atoms with van der Waals surface area (Å²) in [5.41, 5.74) is 2.34. The summed E-state index contributed by atoms with van der Waals surface area (Å²) < 4.78 is 0. The van der Waals surface area contributed by atoms with Gasteiger partial charge >= 0.3 is 0 Å². The lowest BCUT2D eigenvalue weighted by molar-refractivity contribution is 0.270. The van der Waals surface area contributed by atoms with Gasteiger partial charge in [0, 0.05) is 51.0 Å². The van der Waals surface area contributed by atoms with Crippen molar-refractivity contribution in [3.05, 3.63) is 47.7 Å². The molecule has 1 aliphatic heterocycles. The average Bonchev–Trinajstić information content (AvgIpc) is 2.66. The van der Waals surface area contributed by atoms with Gasteiger partial charge in [-0.2, -0.15) is 4.98 Å². The third kappa shape index (κ3) is 4.48. The quantitative estimate of drug-likeness (QED) is 0.808. The zero-order valence-electron chi connectivity index (χ0n) is 15.6. The van der Waals surface area contributed by atoms with Gasteiger partial charge in [0.1, 0.15) is 5.82 Å². The lowest BCUT2D eigenvalue weighted by Gasteiger charge is -2.34. The largest absolute Gasteiger partial charge is 0.352 e. The molecule has 0 saturated carbocycles. The van der Waals surface area contributed by atoms with Crippen molar-refractivity contribution in [2.24, 2.45) is 0 Å². The number of piperazine rings is 1. The maximum absolute atomic E-state index is 4.90. The van der Waals surface area contributed by atoms with Gasteiger partial charge in [0.2, 0.25) is 5.95 Å². The molecule has 0 bridgehead atoms. The van der Waals surface area contributed by atoms with Crippen LogP contribution in [0.3, 0.4) is 0 Å². The number of hydrogen-bond donors (Lipinski definition) is 0. The topological polar surface area (TPSA) is 35.5 Å². The van der Waals surface area contributed by atoms with E-state index in [1.807, 2.05) is 0 Å². The van der Waals surface area contributed by atoms with Crippen LogP contribution in [0.4, 0.5) is 11.8 Å². The molecule has 134 valence electrons. The first-order valence-corrected chi connectivity index (χ1v) is 9.31. The molecule has 5 heteroatoms. The number of likely N-dealkylation sites (N-methyl/N-ethyl adjacent to an activating group) is 1. The minimum absolute atomic E-state index is 0.872. The van der Waals surface area contributed by atoms with Gasteiger partial charge in [0.25, 0.3) is 0 Å². The number of rotatable bonds is 6. The number of aromatic nitrogens is 2. The minimum Gasteiger partial charge on any atom is -0.352 e. The van der Waals surface area contributed by atoms with Crippen molar-refractivity contribution in [1.29, 1.82) is 0 Å². The van der Waals surface area contributed by atoms with E-state index < -0.39 is 0 Å². The van der Waals surface area contributed by atoms with E-state index >= 15 is 0 Å². The standard InChI is InChI=1S/C20H29N5/c1-4-23-11-13-25(14-12-23)20-21-17(3)15-19(22-20)24(5-2)16-18-9-7-6-8-10-18/h6-10,15H,4-5,11-14,16H2,1-3H3. The lowest BCUT2D eigenvalue weighted by atomic mass is 10.2. The van der Waals surface area contributed by atoms with Gasteiger partial charge in [-0.25, -0.2) is 4.98 Å². The highest BCUT2D eigenvalue weighted by atomic mass is 15.3. The second kappa shape index (κ2) is 8.30. The molecule has 0 radical (unpaired) electrons. The lowest BCUT2D eigenvalue weighted by Crippen LogP contribution is -2.46. The number of aryl methyl sites for hydroxylation is 1. The SMILES string of the molecule is CCN1CCN(c2nc(C)cc(N(CC)Cc3ccccc3)n2)CC1. The predicted octanol–water partition coefficient (Wildman–Crippen LogP) is 2.95. The van der Waals surface area contributed by atoms with E-state index in [-0.39, 0.29) is 0 Å².